The van der Waals surface area contributed by atoms with Gasteiger partial charge in [-0.15, -0.1) is 0 Å². The zero-order chi connectivity index (χ0) is 18.1. The smallest absolute Gasteiger partial charge is 0.356 e. The van der Waals surface area contributed by atoms with Crippen LogP contribution in [-0.4, -0.2) is 33.8 Å². The lowest BCUT2D eigenvalue weighted by molar-refractivity contribution is -0.116. The number of hydrogen-bond donors (Lipinski definition) is 1. The largest absolute Gasteiger partial charge is 0.464 e. The molecule has 26 heavy (non-hydrogen) atoms. The zero-order valence-corrected chi connectivity index (χ0v) is 14.0. The Hall–Kier alpha value is -3.48. The fourth-order valence-electron chi connectivity index (χ4n) is 3.11. The Bertz CT molecular complexity index is 981. The van der Waals surface area contributed by atoms with Gasteiger partial charge in [0, 0.05) is 23.6 Å². The van der Waals surface area contributed by atoms with Gasteiger partial charge in [-0.25, -0.2) is 14.5 Å². The van der Waals surface area contributed by atoms with Crippen molar-refractivity contribution in [2.45, 2.75) is 12.3 Å². The molecule has 130 valence electrons. The second kappa shape index (κ2) is 6.44. The number of fused-ring (bicyclic) bond motifs is 1. The average Bonchev–Trinajstić information content (AvgIpc) is 3.11. The maximum absolute atomic E-state index is 12.3. The Morgan fingerprint density at radius 1 is 1.19 bits per heavy atom. The third-order valence-electron chi connectivity index (χ3n) is 4.34. The minimum atomic E-state index is -0.507. The normalized spacial score (nSPS) is 15.9. The predicted octanol–water partition coefficient (Wildman–Crippen LogP) is 2.53. The van der Waals surface area contributed by atoms with Crippen LogP contribution in [0.2, 0.25) is 0 Å². The summed E-state index contributed by atoms with van der Waals surface area (Å²) < 4.78 is 6.43. The van der Waals surface area contributed by atoms with E-state index in [-0.39, 0.29) is 23.9 Å². The summed E-state index contributed by atoms with van der Waals surface area (Å²) in [6, 6.07) is 14.7. The molecule has 0 spiro atoms. The molecule has 0 bridgehead atoms. The van der Waals surface area contributed by atoms with Crippen molar-refractivity contribution in [1.29, 1.82) is 0 Å². The molecule has 1 N–H and O–H groups in total. The van der Waals surface area contributed by atoms with Crippen molar-refractivity contribution in [1.82, 2.24) is 14.8 Å². The van der Waals surface area contributed by atoms with Crippen molar-refractivity contribution < 1.29 is 14.3 Å². The number of carbonyl (C=O) groups excluding carboxylic acids is 2. The summed E-state index contributed by atoms with van der Waals surface area (Å²) in [5, 5.41) is 7.33. The molecule has 1 aliphatic rings. The monoisotopic (exact) mass is 348 g/mol. The third kappa shape index (κ3) is 2.73. The summed E-state index contributed by atoms with van der Waals surface area (Å²) in [6.07, 6.45) is 1.98. The van der Waals surface area contributed by atoms with Crippen molar-refractivity contribution in [3.05, 3.63) is 71.7 Å². The standard InChI is InChI=1S/C19H16N4O3/c1-26-19(25)16-9-5-8-15(21-16)13-10-17(24)22-18-14(13)11-20-23(18)12-6-3-2-4-7-12/h2-9,11,13H,10H2,1H3,(H,22,24)/t13-/m1/s1. The Kier molecular flexibility index (Phi) is 3.96. The number of nitrogens with zero attached hydrogens (tertiary/aromatic N) is 3. The van der Waals surface area contributed by atoms with Crippen LogP contribution >= 0.6 is 0 Å². The van der Waals surface area contributed by atoms with Gasteiger partial charge in [0.1, 0.15) is 11.5 Å². The molecule has 0 saturated heterocycles. The lowest BCUT2D eigenvalue weighted by Crippen LogP contribution is -2.25. The number of rotatable bonds is 3. The van der Waals surface area contributed by atoms with Gasteiger partial charge in [0.05, 0.1) is 19.0 Å². The van der Waals surface area contributed by atoms with Crippen molar-refractivity contribution in [2.24, 2.45) is 0 Å². The second-order valence-electron chi connectivity index (χ2n) is 5.94. The van der Waals surface area contributed by atoms with Crippen molar-refractivity contribution in [3.63, 3.8) is 0 Å². The SMILES string of the molecule is COC(=O)c1cccc([C@@H]2CC(=O)Nc3c2cnn3-c2ccccc2)n1. The van der Waals surface area contributed by atoms with Gasteiger partial charge in [-0.3, -0.25) is 4.79 Å². The number of carbonyl (C=O) groups is 2. The molecule has 2 aromatic heterocycles. The number of hydrogen-bond acceptors (Lipinski definition) is 5. The molecule has 3 aromatic rings. The summed E-state index contributed by atoms with van der Waals surface area (Å²) in [5.41, 5.74) is 2.57. The lowest BCUT2D eigenvalue weighted by Gasteiger charge is -2.23. The van der Waals surface area contributed by atoms with E-state index < -0.39 is 5.97 Å². The predicted molar refractivity (Wildman–Crippen MR) is 94.2 cm³/mol. The fourth-order valence-corrected chi connectivity index (χ4v) is 3.11. The first-order chi connectivity index (χ1) is 12.7. The van der Waals surface area contributed by atoms with E-state index in [1.807, 2.05) is 30.3 Å². The van der Waals surface area contributed by atoms with E-state index in [9.17, 15) is 9.59 Å². The molecule has 3 heterocycles. The maximum atomic E-state index is 12.3. The summed E-state index contributed by atoms with van der Waals surface area (Å²) >= 11 is 0. The van der Waals surface area contributed by atoms with Crippen LogP contribution in [0.15, 0.2) is 54.7 Å². The summed E-state index contributed by atoms with van der Waals surface area (Å²) in [5.74, 6) is -0.277. The minimum Gasteiger partial charge on any atom is -0.464 e. The Balaban J connectivity index is 1.79. The molecule has 1 amide bonds. The fraction of sp³-hybridized carbons (Fsp3) is 0.158. The molecule has 7 nitrogen and oxygen atoms in total. The number of nitrogens with one attached hydrogen (secondary N) is 1. The highest BCUT2D eigenvalue weighted by Gasteiger charge is 2.31. The van der Waals surface area contributed by atoms with Gasteiger partial charge >= 0.3 is 5.97 Å². The van der Waals surface area contributed by atoms with Gasteiger partial charge in [-0.2, -0.15) is 5.10 Å². The molecule has 1 aromatic carbocycles. The highest BCUT2D eigenvalue weighted by Crippen LogP contribution is 2.37. The Morgan fingerprint density at radius 2 is 2.00 bits per heavy atom. The number of amides is 1. The number of esters is 1. The molecule has 4 rings (SSSR count). The number of benzene rings is 1. The van der Waals surface area contributed by atoms with E-state index in [1.165, 1.54) is 7.11 Å². The number of para-hydroxylation sites is 1. The van der Waals surface area contributed by atoms with Crippen LogP contribution in [0, 0.1) is 0 Å². The molecule has 0 unspecified atom stereocenters. The van der Waals surface area contributed by atoms with Crippen molar-refractivity contribution in [2.75, 3.05) is 12.4 Å². The first-order valence-electron chi connectivity index (χ1n) is 8.16. The van der Waals surface area contributed by atoms with Gasteiger partial charge in [0.25, 0.3) is 0 Å². The van der Waals surface area contributed by atoms with Crippen molar-refractivity contribution >= 4 is 17.7 Å². The van der Waals surface area contributed by atoms with Crippen LogP contribution in [-0.2, 0) is 9.53 Å². The highest BCUT2D eigenvalue weighted by molar-refractivity contribution is 5.94. The van der Waals surface area contributed by atoms with E-state index in [0.29, 0.717) is 11.5 Å². The van der Waals surface area contributed by atoms with Gasteiger partial charge < -0.3 is 10.1 Å². The first kappa shape index (κ1) is 16.0. The van der Waals surface area contributed by atoms with Crippen LogP contribution in [0.3, 0.4) is 0 Å². The average molecular weight is 348 g/mol. The summed E-state index contributed by atoms with van der Waals surface area (Å²) in [6.45, 7) is 0. The topological polar surface area (TPSA) is 86.1 Å². The summed E-state index contributed by atoms with van der Waals surface area (Å²) in [4.78, 5) is 28.5. The third-order valence-corrected chi connectivity index (χ3v) is 4.34. The van der Waals surface area contributed by atoms with Crippen LogP contribution < -0.4 is 5.32 Å². The molecule has 0 saturated carbocycles. The van der Waals surface area contributed by atoms with Gasteiger partial charge in [0.2, 0.25) is 5.91 Å². The quantitative estimate of drug-likeness (QED) is 0.735. The number of aromatic nitrogens is 3. The number of anilines is 1. The van der Waals surface area contributed by atoms with Crippen molar-refractivity contribution in [3.8, 4) is 5.69 Å². The maximum Gasteiger partial charge on any atom is 0.356 e. The molecular formula is C19H16N4O3. The lowest BCUT2D eigenvalue weighted by atomic mass is 9.90. The van der Waals surface area contributed by atoms with Gasteiger partial charge in [0.15, 0.2) is 0 Å². The van der Waals surface area contributed by atoms with E-state index in [0.717, 1.165) is 11.3 Å². The molecule has 0 fully saturated rings. The molecule has 1 aliphatic heterocycles. The molecule has 7 heteroatoms. The first-order valence-corrected chi connectivity index (χ1v) is 8.16. The number of pyridine rings is 1. The van der Waals surface area contributed by atoms with Crippen LogP contribution in [0.5, 0.6) is 0 Å². The minimum absolute atomic E-state index is 0.120. The van der Waals surface area contributed by atoms with Crippen LogP contribution in [0.25, 0.3) is 5.69 Å². The van der Waals surface area contributed by atoms with Gasteiger partial charge in [-0.05, 0) is 24.3 Å². The Labute approximate surface area is 149 Å². The van der Waals surface area contributed by atoms with Gasteiger partial charge in [-0.1, -0.05) is 24.3 Å². The van der Waals surface area contributed by atoms with Crippen LogP contribution in [0.1, 0.15) is 34.1 Å². The number of methoxy groups -OCH3 is 1. The number of ether oxygens (including phenoxy) is 1. The molecule has 0 aliphatic carbocycles. The van der Waals surface area contributed by atoms with E-state index in [2.05, 4.69) is 15.4 Å². The van der Waals surface area contributed by atoms with Crippen LogP contribution in [0.4, 0.5) is 5.82 Å². The summed E-state index contributed by atoms with van der Waals surface area (Å²) in [7, 11) is 1.31. The molecule has 1 atom stereocenters. The molecular weight excluding hydrogens is 332 g/mol. The van der Waals surface area contributed by atoms with E-state index in [4.69, 9.17) is 4.74 Å². The van der Waals surface area contributed by atoms with E-state index >= 15 is 0 Å². The van der Waals surface area contributed by atoms with E-state index in [1.54, 1.807) is 29.1 Å². The molecule has 0 radical (unpaired) electrons. The Morgan fingerprint density at radius 3 is 2.77 bits per heavy atom. The second-order valence-corrected chi connectivity index (χ2v) is 5.94. The zero-order valence-electron chi connectivity index (χ0n) is 14.0. The highest BCUT2D eigenvalue weighted by atomic mass is 16.5.